The van der Waals surface area contributed by atoms with Gasteiger partial charge < -0.3 is 9.84 Å². The maximum Gasteiger partial charge on any atom is 0.243 e. The second-order valence-corrected chi connectivity index (χ2v) is 29.0. The number of ether oxygens (including phenoxy) is 1. The largest absolute Gasteiger partial charge is 0.508 e. The fraction of sp³-hybridized carbons (Fsp3) is 0.469. The van der Waals surface area contributed by atoms with E-state index in [1.54, 1.807) is 66.7 Å². The molecule has 4 unspecified atom stereocenters. The molecule has 12 nitrogen and oxygen atoms in total. The molecule has 0 radical (unpaired) electrons. The molecule has 0 aromatic heterocycles. The second kappa shape index (κ2) is 23.1. The Bertz CT molecular complexity index is 2750. The molecule has 4 aromatic rings. The second-order valence-electron chi connectivity index (χ2n) is 19.5. The summed E-state index contributed by atoms with van der Waals surface area (Å²) in [5, 5.41) is 11.9. The number of hydrogen-bond acceptors (Lipinski definition) is 8. The van der Waals surface area contributed by atoms with Gasteiger partial charge in [-0.1, -0.05) is 88.4 Å². The van der Waals surface area contributed by atoms with E-state index in [0.29, 0.717) is 54.0 Å². The summed E-state index contributed by atoms with van der Waals surface area (Å²) in [7, 11) is -10.5. The van der Waals surface area contributed by atoms with Gasteiger partial charge in [-0.2, -0.15) is 8.61 Å². The van der Waals surface area contributed by atoms with Crippen molar-refractivity contribution < 1.29 is 35.1 Å². The van der Waals surface area contributed by atoms with Crippen molar-refractivity contribution in [2.75, 3.05) is 32.8 Å². The van der Waals surface area contributed by atoms with Crippen molar-refractivity contribution in [2.24, 2.45) is 11.8 Å². The monoisotopic (exact) mass is 1100 g/mol. The van der Waals surface area contributed by atoms with E-state index < -0.39 is 63.6 Å². The predicted molar refractivity (Wildman–Crippen MR) is 281 cm³/mol. The zero-order chi connectivity index (χ0) is 50.6. The molecule has 2 aliphatic rings. The fourth-order valence-corrected chi connectivity index (χ4v) is 13.7. The smallest absolute Gasteiger partial charge is 0.243 e. The van der Waals surface area contributed by atoms with E-state index in [1.807, 2.05) is 60.6 Å². The first-order valence-electron chi connectivity index (χ1n) is 22.7. The third-order valence-corrected chi connectivity index (χ3v) is 20.8. The van der Waals surface area contributed by atoms with Crippen LogP contribution in [0.15, 0.2) is 94.7 Å². The molecular weight excluding hydrogens is 1040 g/mol. The standard InChI is InChI=1S/C49H62Cl4N4O8S4/c1-32-11-15-36(16-12-32)68(61,62)56-25-21-35(22-26-56)47(55-67(60)49(5,6)7)39-29-41(51)43(53)31-45(39)65-27-9-8-10-33-13-17-37(18-14-33)69(63,64)57-23-19-34(20-24-57)46(54-66(59)48(2,3)4)38-28-40(50)42(52)30-44(38)58/h8-9,11-18,28-31,34-35,46-47,54-55,58H,10,19-27H2,1-7H3/b9-8-. The van der Waals surface area contributed by atoms with E-state index in [9.17, 15) is 30.4 Å². The van der Waals surface area contributed by atoms with Crippen LogP contribution in [0.3, 0.4) is 0 Å². The number of halogens is 4. The molecule has 4 aromatic carbocycles. The van der Waals surface area contributed by atoms with Crippen molar-refractivity contribution in [2.45, 2.75) is 112 Å². The molecule has 0 saturated carbocycles. The van der Waals surface area contributed by atoms with Crippen molar-refractivity contribution in [1.82, 2.24) is 18.1 Å². The normalized spacial score (nSPS) is 18.3. The van der Waals surface area contributed by atoms with Crippen LogP contribution in [0, 0.1) is 18.8 Å². The molecule has 0 amide bonds. The number of sulfonamides is 2. The van der Waals surface area contributed by atoms with E-state index in [1.165, 1.54) is 14.7 Å². The van der Waals surface area contributed by atoms with Crippen LogP contribution in [0.4, 0.5) is 0 Å². The van der Waals surface area contributed by atoms with Gasteiger partial charge in [-0.25, -0.2) is 34.7 Å². The molecule has 0 spiro atoms. The van der Waals surface area contributed by atoms with Crippen molar-refractivity contribution in [3.63, 3.8) is 0 Å². The molecule has 69 heavy (non-hydrogen) atoms. The molecular formula is C49H62Cl4N4O8S4. The maximum absolute atomic E-state index is 13.9. The Kier molecular flexibility index (Phi) is 18.7. The van der Waals surface area contributed by atoms with Crippen molar-refractivity contribution in [3.8, 4) is 11.5 Å². The number of rotatable bonds is 17. The van der Waals surface area contributed by atoms with Crippen LogP contribution < -0.4 is 14.2 Å². The highest BCUT2D eigenvalue weighted by atomic mass is 35.5. The van der Waals surface area contributed by atoms with Gasteiger partial charge in [0, 0.05) is 49.4 Å². The number of nitrogens with one attached hydrogen (secondary N) is 2. The van der Waals surface area contributed by atoms with Gasteiger partial charge in [-0.3, -0.25) is 0 Å². The summed E-state index contributed by atoms with van der Waals surface area (Å²) in [5.74, 6) is 0.0845. The molecule has 378 valence electrons. The number of phenols is 1. The minimum atomic E-state index is -3.83. The molecule has 0 bridgehead atoms. The first-order chi connectivity index (χ1) is 32.3. The van der Waals surface area contributed by atoms with Crippen LogP contribution >= 0.6 is 46.4 Å². The summed E-state index contributed by atoms with van der Waals surface area (Å²) in [4.78, 5) is 0.419. The van der Waals surface area contributed by atoms with Gasteiger partial charge in [0.2, 0.25) is 20.0 Å². The molecule has 2 aliphatic heterocycles. The Morgan fingerprint density at radius 3 is 1.52 bits per heavy atom. The predicted octanol–water partition coefficient (Wildman–Crippen LogP) is 10.9. The lowest BCUT2D eigenvalue weighted by Gasteiger charge is -2.37. The van der Waals surface area contributed by atoms with Gasteiger partial charge in [0.15, 0.2) is 0 Å². The van der Waals surface area contributed by atoms with Gasteiger partial charge in [0.25, 0.3) is 0 Å². The number of nitrogens with zero attached hydrogens (tertiary/aromatic N) is 2. The van der Waals surface area contributed by atoms with Crippen molar-refractivity contribution in [1.29, 1.82) is 0 Å². The number of allylic oxidation sites excluding steroid dienone is 1. The number of aromatic hydroxyl groups is 1. The zero-order valence-electron chi connectivity index (χ0n) is 39.8. The SMILES string of the molecule is Cc1ccc(S(=O)(=O)N2CCC(C(NS(=O)C(C)(C)C)c3cc(Cl)c(Cl)cc3OC/C=C\Cc3ccc(S(=O)(=O)N4CCC(C(NS(=O)C(C)(C)C)c5cc(Cl)c(Cl)cc5O)CC4)cc3)CC2)cc1. The van der Waals surface area contributed by atoms with Gasteiger partial charge in [0.1, 0.15) is 18.1 Å². The first-order valence-corrected chi connectivity index (χ1v) is 29.4. The molecule has 6 rings (SSSR count). The lowest BCUT2D eigenvalue weighted by molar-refractivity contribution is 0.234. The van der Waals surface area contributed by atoms with Crippen LogP contribution in [0.1, 0.15) is 102 Å². The third-order valence-electron chi connectivity index (χ3n) is 12.4. The summed E-state index contributed by atoms with van der Waals surface area (Å²) in [6, 6.07) is 18.8. The lowest BCUT2D eigenvalue weighted by atomic mass is 9.86. The van der Waals surface area contributed by atoms with Crippen LogP contribution in [0.5, 0.6) is 11.5 Å². The molecule has 20 heteroatoms. The first kappa shape index (κ1) is 55.7. The molecule has 4 atom stereocenters. The Labute approximate surface area is 433 Å². The zero-order valence-corrected chi connectivity index (χ0v) is 46.1. The molecule has 2 fully saturated rings. The van der Waals surface area contributed by atoms with Gasteiger partial charge in [0.05, 0.1) is 73.4 Å². The Hall–Kier alpha value is -2.58. The highest BCUT2D eigenvalue weighted by Crippen LogP contribution is 2.43. The molecule has 3 N–H and O–H groups in total. The fourth-order valence-electron chi connectivity index (χ4n) is 8.25. The quantitative estimate of drug-likeness (QED) is 0.0880. The number of hydrogen-bond donors (Lipinski definition) is 3. The van der Waals surface area contributed by atoms with Gasteiger partial charge >= 0.3 is 0 Å². The van der Waals surface area contributed by atoms with Gasteiger partial charge in [-0.05, 0) is 134 Å². The average Bonchev–Trinajstić information content (AvgIpc) is 3.29. The van der Waals surface area contributed by atoms with Crippen LogP contribution in [0.25, 0.3) is 0 Å². The van der Waals surface area contributed by atoms with Crippen molar-refractivity contribution in [3.05, 3.63) is 127 Å². The summed E-state index contributed by atoms with van der Waals surface area (Å²) in [6.45, 7) is 14.2. The van der Waals surface area contributed by atoms with E-state index in [0.717, 1.165) is 11.1 Å². The van der Waals surface area contributed by atoms with E-state index in [2.05, 4.69) is 9.44 Å². The summed E-state index contributed by atoms with van der Waals surface area (Å²) >= 11 is 25.6. The summed E-state index contributed by atoms with van der Waals surface area (Å²) < 4.78 is 96.4. The van der Waals surface area contributed by atoms with Crippen LogP contribution in [-0.2, 0) is 48.4 Å². The average molecular weight is 1110 g/mol. The number of aryl methyl sites for hydroxylation is 1. The number of benzene rings is 4. The molecule has 2 saturated heterocycles. The summed E-state index contributed by atoms with van der Waals surface area (Å²) in [5.41, 5.74) is 2.97. The van der Waals surface area contributed by atoms with Crippen molar-refractivity contribution >= 4 is 88.4 Å². The topological polar surface area (TPSA) is 162 Å². The maximum atomic E-state index is 13.9. The molecule has 2 heterocycles. The number of phenolic OH excluding ortho intramolecular Hbond substituents is 1. The van der Waals surface area contributed by atoms with E-state index >= 15 is 0 Å². The van der Waals surface area contributed by atoms with Gasteiger partial charge in [-0.15, -0.1) is 0 Å². The highest BCUT2D eigenvalue weighted by molar-refractivity contribution is 7.89. The minimum absolute atomic E-state index is 0.0840. The molecule has 0 aliphatic carbocycles. The Morgan fingerprint density at radius 1 is 0.652 bits per heavy atom. The minimum Gasteiger partial charge on any atom is -0.508 e. The van der Waals surface area contributed by atoms with Crippen LogP contribution in [-0.4, -0.2) is 81.3 Å². The van der Waals surface area contributed by atoms with E-state index in [-0.39, 0.29) is 75.2 Å². The Balaban J connectivity index is 1.09. The highest BCUT2D eigenvalue weighted by Gasteiger charge is 2.38. The third kappa shape index (κ3) is 13.9. The number of piperidine rings is 2. The van der Waals surface area contributed by atoms with E-state index in [4.69, 9.17) is 51.1 Å². The summed E-state index contributed by atoms with van der Waals surface area (Å²) in [6.07, 6.45) is 6.15. The Morgan fingerprint density at radius 2 is 1.06 bits per heavy atom. The van der Waals surface area contributed by atoms with Crippen LogP contribution in [0.2, 0.25) is 20.1 Å². The lowest BCUT2D eigenvalue weighted by Crippen LogP contribution is -2.44.